The summed E-state index contributed by atoms with van der Waals surface area (Å²) in [6, 6.07) is 6.64. The number of carbonyl (C=O) groups excluding carboxylic acids is 3. The number of aliphatic hydroxyl groups is 1. The van der Waals surface area contributed by atoms with Crippen LogP contribution in [0.4, 0.5) is 5.69 Å². The highest BCUT2D eigenvalue weighted by molar-refractivity contribution is 6.21. The molecule has 2 N–H and O–H groups in total. The highest BCUT2D eigenvalue weighted by Crippen LogP contribution is 2.29. The molecule has 8 heteroatoms. The van der Waals surface area contributed by atoms with Gasteiger partial charge in [0, 0.05) is 25.7 Å². The van der Waals surface area contributed by atoms with Gasteiger partial charge in [0.05, 0.1) is 17.3 Å². The van der Waals surface area contributed by atoms with Gasteiger partial charge in [-0.3, -0.25) is 14.4 Å². The molecule has 2 aliphatic rings. The van der Waals surface area contributed by atoms with Crippen molar-refractivity contribution in [3.63, 3.8) is 0 Å². The van der Waals surface area contributed by atoms with Crippen molar-refractivity contribution in [2.75, 3.05) is 25.1 Å². The standard InChI is InChI=1S/C20H26N4O4/c1-4-20(28)13(2)22-24(19(20)27)16-9-5-7-14(11-16)18(26)23-10-6-8-15(12-23)17(25)21-3/h5,7,9,11,15,28H,4,6,8,10,12H2,1-3H3,(H,21,25)/t15-,20+/m0/s1. The van der Waals surface area contributed by atoms with Crippen LogP contribution in [0.25, 0.3) is 0 Å². The van der Waals surface area contributed by atoms with Gasteiger partial charge in [-0.2, -0.15) is 10.1 Å². The molecule has 0 radical (unpaired) electrons. The molecule has 2 aliphatic heterocycles. The molecule has 2 atom stereocenters. The predicted octanol–water partition coefficient (Wildman–Crippen LogP) is 1.15. The predicted molar refractivity (Wildman–Crippen MR) is 105 cm³/mol. The number of anilines is 1. The number of rotatable bonds is 4. The van der Waals surface area contributed by atoms with Gasteiger partial charge >= 0.3 is 0 Å². The van der Waals surface area contributed by atoms with E-state index in [2.05, 4.69) is 10.4 Å². The van der Waals surface area contributed by atoms with Gasteiger partial charge in [0.2, 0.25) is 5.91 Å². The number of carbonyl (C=O) groups is 3. The summed E-state index contributed by atoms with van der Waals surface area (Å²) in [5.74, 6) is -0.973. The SMILES string of the molecule is CC[C@]1(O)C(=O)N(c2cccc(C(=O)N3CCC[C@H](C(=O)NC)C3)c2)N=C1C. The van der Waals surface area contributed by atoms with Gasteiger partial charge in [0.15, 0.2) is 5.60 Å². The number of amides is 3. The van der Waals surface area contributed by atoms with Crippen LogP contribution in [0, 0.1) is 5.92 Å². The summed E-state index contributed by atoms with van der Waals surface area (Å²) in [5.41, 5.74) is -0.420. The first-order chi connectivity index (χ1) is 13.3. The zero-order valence-corrected chi connectivity index (χ0v) is 16.4. The first-order valence-corrected chi connectivity index (χ1v) is 9.55. The Bertz CT molecular complexity index is 837. The first-order valence-electron chi connectivity index (χ1n) is 9.55. The van der Waals surface area contributed by atoms with E-state index in [9.17, 15) is 19.5 Å². The lowest BCUT2D eigenvalue weighted by atomic mass is 9.95. The molecule has 1 fully saturated rings. The van der Waals surface area contributed by atoms with E-state index in [1.54, 1.807) is 50.1 Å². The van der Waals surface area contributed by atoms with Gasteiger partial charge in [-0.1, -0.05) is 13.0 Å². The van der Waals surface area contributed by atoms with E-state index >= 15 is 0 Å². The van der Waals surface area contributed by atoms with Crippen LogP contribution in [-0.2, 0) is 9.59 Å². The molecular formula is C20H26N4O4. The highest BCUT2D eigenvalue weighted by Gasteiger charge is 2.46. The number of benzene rings is 1. The molecule has 8 nitrogen and oxygen atoms in total. The first kappa shape index (κ1) is 20.0. The summed E-state index contributed by atoms with van der Waals surface area (Å²) in [6.07, 6.45) is 1.75. The van der Waals surface area contributed by atoms with E-state index in [-0.39, 0.29) is 24.2 Å². The average molecular weight is 386 g/mol. The fourth-order valence-electron chi connectivity index (χ4n) is 3.72. The Morgan fingerprint density at radius 1 is 1.39 bits per heavy atom. The molecule has 3 amide bonds. The number of hydrazone groups is 1. The second-order valence-electron chi connectivity index (χ2n) is 7.27. The van der Waals surface area contributed by atoms with Gasteiger partial charge in [-0.15, -0.1) is 0 Å². The number of nitrogens with one attached hydrogen (secondary N) is 1. The fraction of sp³-hybridized carbons (Fsp3) is 0.500. The number of hydrogen-bond donors (Lipinski definition) is 2. The Labute approximate surface area is 164 Å². The molecule has 0 saturated carbocycles. The Morgan fingerprint density at radius 3 is 2.79 bits per heavy atom. The largest absolute Gasteiger partial charge is 0.374 e. The third-order valence-corrected chi connectivity index (χ3v) is 5.57. The number of likely N-dealkylation sites (tertiary alicyclic amines) is 1. The molecule has 3 rings (SSSR count). The van der Waals surface area contributed by atoms with Crippen molar-refractivity contribution in [2.45, 2.75) is 38.7 Å². The molecule has 2 heterocycles. The minimum Gasteiger partial charge on any atom is -0.374 e. The number of piperidine rings is 1. The molecule has 1 saturated heterocycles. The van der Waals surface area contributed by atoms with E-state index in [4.69, 9.17) is 0 Å². The van der Waals surface area contributed by atoms with Gasteiger partial charge in [0.1, 0.15) is 0 Å². The van der Waals surface area contributed by atoms with Crippen molar-refractivity contribution in [2.24, 2.45) is 11.0 Å². The van der Waals surface area contributed by atoms with Crippen molar-refractivity contribution in [3.05, 3.63) is 29.8 Å². The highest BCUT2D eigenvalue weighted by atomic mass is 16.3. The third kappa shape index (κ3) is 3.40. The third-order valence-electron chi connectivity index (χ3n) is 5.57. The normalized spacial score (nSPS) is 24.9. The molecule has 28 heavy (non-hydrogen) atoms. The molecule has 0 aliphatic carbocycles. The van der Waals surface area contributed by atoms with Crippen LogP contribution in [0.2, 0.25) is 0 Å². The van der Waals surface area contributed by atoms with Gasteiger partial charge in [0.25, 0.3) is 11.8 Å². The Kier molecular flexibility index (Phi) is 5.51. The topological polar surface area (TPSA) is 102 Å². The molecule has 0 bridgehead atoms. The number of nitrogens with zero attached hydrogens (tertiary/aromatic N) is 3. The minimum atomic E-state index is -1.60. The van der Waals surface area contributed by atoms with Gasteiger partial charge in [-0.05, 0) is 44.4 Å². The zero-order valence-electron chi connectivity index (χ0n) is 16.4. The van der Waals surface area contributed by atoms with Crippen molar-refractivity contribution in [1.82, 2.24) is 10.2 Å². The summed E-state index contributed by atoms with van der Waals surface area (Å²) in [6.45, 7) is 4.30. The van der Waals surface area contributed by atoms with Crippen molar-refractivity contribution < 1.29 is 19.5 Å². The Balaban J connectivity index is 1.81. The van der Waals surface area contributed by atoms with E-state index in [1.165, 1.54) is 0 Å². The molecule has 1 aromatic carbocycles. The van der Waals surface area contributed by atoms with E-state index < -0.39 is 11.5 Å². The molecule has 0 spiro atoms. The summed E-state index contributed by atoms with van der Waals surface area (Å²) in [7, 11) is 1.60. The Morgan fingerprint density at radius 2 is 2.14 bits per heavy atom. The van der Waals surface area contributed by atoms with E-state index in [0.29, 0.717) is 30.1 Å². The molecule has 0 aromatic heterocycles. The van der Waals surface area contributed by atoms with E-state index in [0.717, 1.165) is 17.9 Å². The van der Waals surface area contributed by atoms with E-state index in [1.807, 2.05) is 0 Å². The van der Waals surface area contributed by atoms with Crippen molar-refractivity contribution in [3.8, 4) is 0 Å². The second kappa shape index (κ2) is 7.71. The van der Waals surface area contributed by atoms with Crippen LogP contribution < -0.4 is 10.3 Å². The van der Waals surface area contributed by atoms with Gasteiger partial charge < -0.3 is 15.3 Å². The smallest absolute Gasteiger partial charge is 0.285 e. The minimum absolute atomic E-state index is 0.0578. The lowest BCUT2D eigenvalue weighted by molar-refractivity contribution is -0.129. The van der Waals surface area contributed by atoms with Crippen LogP contribution in [0.5, 0.6) is 0 Å². The summed E-state index contributed by atoms with van der Waals surface area (Å²) in [4.78, 5) is 39.2. The average Bonchev–Trinajstić information content (AvgIpc) is 2.97. The second-order valence-corrected chi connectivity index (χ2v) is 7.27. The van der Waals surface area contributed by atoms with Gasteiger partial charge in [-0.25, -0.2) is 0 Å². The zero-order chi connectivity index (χ0) is 20.5. The molecule has 1 aromatic rings. The summed E-state index contributed by atoms with van der Waals surface area (Å²) in [5, 5.41) is 18.5. The van der Waals surface area contributed by atoms with Crippen LogP contribution in [0.1, 0.15) is 43.5 Å². The number of hydrogen-bond acceptors (Lipinski definition) is 5. The van der Waals surface area contributed by atoms with Crippen LogP contribution >= 0.6 is 0 Å². The molecule has 150 valence electrons. The maximum atomic E-state index is 13.0. The fourth-order valence-corrected chi connectivity index (χ4v) is 3.72. The maximum Gasteiger partial charge on any atom is 0.285 e. The maximum absolute atomic E-state index is 13.0. The van der Waals surface area contributed by atoms with Crippen LogP contribution in [0.15, 0.2) is 29.4 Å². The van der Waals surface area contributed by atoms with Crippen LogP contribution in [-0.4, -0.2) is 59.2 Å². The quantitative estimate of drug-likeness (QED) is 0.810. The molecule has 0 unspecified atom stereocenters. The monoisotopic (exact) mass is 386 g/mol. The van der Waals surface area contributed by atoms with Crippen molar-refractivity contribution in [1.29, 1.82) is 0 Å². The van der Waals surface area contributed by atoms with Crippen LogP contribution in [0.3, 0.4) is 0 Å². The molecular weight excluding hydrogens is 360 g/mol. The summed E-state index contributed by atoms with van der Waals surface area (Å²) < 4.78 is 0. The lowest BCUT2D eigenvalue weighted by Crippen LogP contribution is -2.45. The summed E-state index contributed by atoms with van der Waals surface area (Å²) >= 11 is 0. The van der Waals surface area contributed by atoms with Crippen molar-refractivity contribution >= 4 is 29.1 Å². The lowest BCUT2D eigenvalue weighted by Gasteiger charge is -2.32. The Hall–Kier alpha value is -2.74.